The van der Waals surface area contributed by atoms with Gasteiger partial charge in [0.15, 0.2) is 0 Å². The van der Waals surface area contributed by atoms with Crippen LogP contribution in [0.15, 0.2) is 12.5 Å². The van der Waals surface area contributed by atoms with Gasteiger partial charge in [0.1, 0.15) is 0 Å². The standard InChI is InChI=1S/C16H28N4/c1-3-19-12-18-11-15(19)16-13(10-17-2)6-4-5-9-20(16)14-7-8-14/h11-14,16-17H,3-10H2,1-2H3. The second-order valence-electron chi connectivity index (χ2n) is 6.33. The molecule has 3 rings (SSSR count). The quantitative estimate of drug-likeness (QED) is 0.896. The molecule has 1 saturated carbocycles. The Bertz CT molecular complexity index is 424. The highest BCUT2D eigenvalue weighted by Crippen LogP contribution is 2.41. The molecule has 0 spiro atoms. The molecule has 1 aliphatic heterocycles. The van der Waals surface area contributed by atoms with Gasteiger partial charge in [-0.05, 0) is 58.7 Å². The van der Waals surface area contributed by atoms with Crippen LogP contribution >= 0.6 is 0 Å². The minimum absolute atomic E-state index is 0.555. The SMILES string of the molecule is CCn1cncc1C1C(CNC)CCCCN1C1CC1. The molecule has 2 heterocycles. The van der Waals surface area contributed by atoms with Crippen molar-refractivity contribution < 1.29 is 0 Å². The van der Waals surface area contributed by atoms with Crippen LogP contribution in [0.4, 0.5) is 0 Å². The largest absolute Gasteiger partial charge is 0.333 e. The van der Waals surface area contributed by atoms with Crippen LogP contribution in [0.25, 0.3) is 0 Å². The molecule has 0 amide bonds. The zero-order valence-electron chi connectivity index (χ0n) is 12.9. The predicted molar refractivity (Wildman–Crippen MR) is 81.6 cm³/mol. The van der Waals surface area contributed by atoms with Crippen molar-refractivity contribution in [2.45, 2.75) is 57.7 Å². The van der Waals surface area contributed by atoms with E-state index in [1.165, 1.54) is 44.3 Å². The molecule has 2 fully saturated rings. The van der Waals surface area contributed by atoms with Gasteiger partial charge in [0.2, 0.25) is 0 Å². The van der Waals surface area contributed by atoms with E-state index in [0.29, 0.717) is 12.0 Å². The van der Waals surface area contributed by atoms with Crippen molar-refractivity contribution in [3.05, 3.63) is 18.2 Å². The monoisotopic (exact) mass is 276 g/mol. The highest BCUT2D eigenvalue weighted by molar-refractivity contribution is 5.11. The molecule has 1 saturated heterocycles. The Morgan fingerprint density at radius 3 is 2.85 bits per heavy atom. The van der Waals surface area contributed by atoms with E-state index in [-0.39, 0.29) is 0 Å². The lowest BCUT2D eigenvalue weighted by Gasteiger charge is -2.35. The van der Waals surface area contributed by atoms with Gasteiger partial charge < -0.3 is 9.88 Å². The topological polar surface area (TPSA) is 33.1 Å². The normalized spacial score (nSPS) is 28.5. The van der Waals surface area contributed by atoms with Gasteiger partial charge in [0.05, 0.1) is 18.1 Å². The molecule has 0 bridgehead atoms. The molecule has 20 heavy (non-hydrogen) atoms. The van der Waals surface area contributed by atoms with E-state index in [2.05, 4.69) is 39.9 Å². The maximum absolute atomic E-state index is 4.42. The zero-order valence-corrected chi connectivity index (χ0v) is 12.9. The molecular weight excluding hydrogens is 248 g/mol. The van der Waals surface area contributed by atoms with E-state index in [0.717, 1.165) is 19.1 Å². The van der Waals surface area contributed by atoms with E-state index in [1.807, 2.05) is 6.33 Å². The third kappa shape index (κ3) is 2.77. The molecule has 2 unspecified atom stereocenters. The van der Waals surface area contributed by atoms with Gasteiger partial charge in [-0.25, -0.2) is 4.98 Å². The molecule has 1 N–H and O–H groups in total. The number of aryl methyl sites for hydroxylation is 1. The second kappa shape index (κ2) is 6.27. The van der Waals surface area contributed by atoms with E-state index in [4.69, 9.17) is 0 Å². The Morgan fingerprint density at radius 1 is 1.30 bits per heavy atom. The van der Waals surface area contributed by atoms with Crippen molar-refractivity contribution in [1.29, 1.82) is 0 Å². The van der Waals surface area contributed by atoms with Crippen LogP contribution in [0.5, 0.6) is 0 Å². The summed E-state index contributed by atoms with van der Waals surface area (Å²) in [7, 11) is 2.08. The van der Waals surface area contributed by atoms with Crippen LogP contribution in [0, 0.1) is 5.92 Å². The molecule has 1 aromatic rings. The molecule has 2 aliphatic rings. The summed E-state index contributed by atoms with van der Waals surface area (Å²) in [4.78, 5) is 7.21. The van der Waals surface area contributed by atoms with Gasteiger partial charge in [-0.15, -0.1) is 0 Å². The molecule has 4 nitrogen and oxygen atoms in total. The van der Waals surface area contributed by atoms with Crippen molar-refractivity contribution in [3.8, 4) is 0 Å². The van der Waals surface area contributed by atoms with E-state index < -0.39 is 0 Å². The Hall–Kier alpha value is -0.870. The van der Waals surface area contributed by atoms with Crippen molar-refractivity contribution in [2.24, 2.45) is 5.92 Å². The van der Waals surface area contributed by atoms with Crippen LogP contribution in [-0.2, 0) is 6.54 Å². The maximum atomic E-state index is 4.42. The molecule has 0 radical (unpaired) electrons. The smallest absolute Gasteiger partial charge is 0.0948 e. The fraction of sp³-hybridized carbons (Fsp3) is 0.812. The number of nitrogens with zero attached hydrogens (tertiary/aromatic N) is 3. The summed E-state index contributed by atoms with van der Waals surface area (Å²) in [6.07, 6.45) is 11.0. The summed E-state index contributed by atoms with van der Waals surface area (Å²) in [6, 6.07) is 1.39. The zero-order chi connectivity index (χ0) is 13.9. The highest BCUT2D eigenvalue weighted by atomic mass is 15.2. The average molecular weight is 276 g/mol. The van der Waals surface area contributed by atoms with Crippen LogP contribution in [0.1, 0.15) is 50.8 Å². The molecule has 112 valence electrons. The predicted octanol–water partition coefficient (Wildman–Crippen LogP) is 2.43. The molecule has 1 aromatic heterocycles. The van der Waals surface area contributed by atoms with Crippen LogP contribution in [0.2, 0.25) is 0 Å². The van der Waals surface area contributed by atoms with Gasteiger partial charge in [-0.1, -0.05) is 6.42 Å². The summed E-state index contributed by atoms with van der Waals surface area (Å²) in [6.45, 7) is 5.63. The number of aromatic nitrogens is 2. The Kier molecular flexibility index (Phi) is 4.41. The number of rotatable bonds is 5. The Morgan fingerprint density at radius 2 is 2.15 bits per heavy atom. The van der Waals surface area contributed by atoms with Crippen molar-refractivity contribution in [3.63, 3.8) is 0 Å². The first-order chi connectivity index (χ1) is 9.85. The van der Waals surface area contributed by atoms with Gasteiger partial charge >= 0.3 is 0 Å². The molecule has 2 atom stereocenters. The van der Waals surface area contributed by atoms with E-state index in [9.17, 15) is 0 Å². The summed E-state index contributed by atoms with van der Waals surface area (Å²) in [5, 5.41) is 3.42. The number of hydrogen-bond donors (Lipinski definition) is 1. The maximum Gasteiger partial charge on any atom is 0.0948 e. The van der Waals surface area contributed by atoms with Crippen LogP contribution in [0.3, 0.4) is 0 Å². The lowest BCUT2D eigenvalue weighted by atomic mass is 9.92. The van der Waals surface area contributed by atoms with Gasteiger partial charge in [-0.2, -0.15) is 0 Å². The minimum Gasteiger partial charge on any atom is -0.333 e. The van der Waals surface area contributed by atoms with E-state index in [1.54, 1.807) is 0 Å². The Balaban J connectivity index is 1.92. The lowest BCUT2D eigenvalue weighted by Crippen LogP contribution is -2.38. The van der Waals surface area contributed by atoms with Crippen LogP contribution in [-0.4, -0.2) is 40.6 Å². The minimum atomic E-state index is 0.555. The van der Waals surface area contributed by atoms with Gasteiger partial charge in [-0.3, -0.25) is 4.90 Å². The number of nitrogens with one attached hydrogen (secondary N) is 1. The summed E-state index contributed by atoms with van der Waals surface area (Å²) < 4.78 is 2.34. The summed E-state index contributed by atoms with van der Waals surface area (Å²) >= 11 is 0. The first kappa shape index (κ1) is 14.1. The van der Waals surface area contributed by atoms with Crippen LogP contribution < -0.4 is 5.32 Å². The van der Waals surface area contributed by atoms with Crippen molar-refractivity contribution in [2.75, 3.05) is 20.1 Å². The third-order valence-corrected chi connectivity index (χ3v) is 4.92. The van der Waals surface area contributed by atoms with Crippen molar-refractivity contribution in [1.82, 2.24) is 19.8 Å². The summed E-state index contributed by atoms with van der Waals surface area (Å²) in [5.41, 5.74) is 1.43. The lowest BCUT2D eigenvalue weighted by molar-refractivity contribution is 0.138. The van der Waals surface area contributed by atoms with Gasteiger partial charge in [0.25, 0.3) is 0 Å². The first-order valence-corrected chi connectivity index (χ1v) is 8.25. The summed E-state index contributed by atoms with van der Waals surface area (Å²) in [5.74, 6) is 0.713. The first-order valence-electron chi connectivity index (χ1n) is 8.25. The fourth-order valence-electron chi connectivity index (χ4n) is 3.81. The second-order valence-corrected chi connectivity index (χ2v) is 6.33. The molecule has 0 aromatic carbocycles. The number of hydrogen-bond acceptors (Lipinski definition) is 3. The fourth-order valence-corrected chi connectivity index (χ4v) is 3.81. The number of imidazole rings is 1. The van der Waals surface area contributed by atoms with E-state index >= 15 is 0 Å². The Labute approximate surface area is 122 Å². The number of likely N-dealkylation sites (tertiary alicyclic amines) is 1. The van der Waals surface area contributed by atoms with Gasteiger partial charge in [0, 0.05) is 18.8 Å². The highest BCUT2D eigenvalue weighted by Gasteiger charge is 2.40. The van der Waals surface area contributed by atoms with Crippen molar-refractivity contribution >= 4 is 0 Å². The molecule has 4 heteroatoms. The third-order valence-electron chi connectivity index (χ3n) is 4.92. The average Bonchev–Trinajstić information content (AvgIpc) is 3.22. The molecule has 1 aliphatic carbocycles. The molecular formula is C16H28N4.